The minimum absolute atomic E-state index is 0.0651. The fraction of sp³-hybridized carbons (Fsp3) is 0.571. The van der Waals surface area contributed by atoms with Gasteiger partial charge in [-0.3, -0.25) is 0 Å². The molecule has 0 aromatic heterocycles. The molecule has 118 valence electrons. The molecule has 2 rings (SSSR count). The number of hydrogen-bond acceptors (Lipinski definition) is 3. The fourth-order valence-corrected chi connectivity index (χ4v) is 4.70. The van der Waals surface area contributed by atoms with E-state index in [0.717, 1.165) is 25.0 Å². The summed E-state index contributed by atoms with van der Waals surface area (Å²) in [6.45, 7) is 3.92. The molecule has 4 nitrogen and oxygen atoms in total. The molecule has 1 aromatic rings. The van der Waals surface area contributed by atoms with Crippen LogP contribution in [0.4, 0.5) is 8.78 Å². The summed E-state index contributed by atoms with van der Waals surface area (Å²) in [5.74, 6) is -1.76. The van der Waals surface area contributed by atoms with Gasteiger partial charge in [-0.2, -0.15) is 4.31 Å². The van der Waals surface area contributed by atoms with E-state index in [9.17, 15) is 17.2 Å². The van der Waals surface area contributed by atoms with Crippen LogP contribution in [0.25, 0.3) is 0 Å². The zero-order valence-electron chi connectivity index (χ0n) is 12.4. The first-order valence-electron chi connectivity index (χ1n) is 6.86. The molecule has 1 fully saturated rings. The molecule has 1 aliphatic rings. The lowest BCUT2D eigenvalue weighted by molar-refractivity contribution is 0.290. The molecule has 1 N–H and O–H groups in total. The molecule has 0 atom stereocenters. The highest BCUT2D eigenvalue weighted by Gasteiger charge is 2.42. The van der Waals surface area contributed by atoms with E-state index in [1.165, 1.54) is 4.31 Å². The van der Waals surface area contributed by atoms with E-state index >= 15 is 0 Å². The first-order valence-corrected chi connectivity index (χ1v) is 8.30. The van der Waals surface area contributed by atoms with Gasteiger partial charge in [0.1, 0.15) is 10.7 Å². The highest BCUT2D eigenvalue weighted by molar-refractivity contribution is 7.89. The molecule has 0 aliphatic carbocycles. The third-order valence-electron chi connectivity index (χ3n) is 3.90. The van der Waals surface area contributed by atoms with Gasteiger partial charge in [0.05, 0.1) is 0 Å². The van der Waals surface area contributed by atoms with Crippen molar-refractivity contribution < 1.29 is 17.2 Å². The molecule has 0 saturated carbocycles. The maximum Gasteiger partial charge on any atom is 0.246 e. The molecule has 1 heterocycles. The van der Waals surface area contributed by atoms with Crippen LogP contribution in [0, 0.1) is 11.6 Å². The van der Waals surface area contributed by atoms with Gasteiger partial charge in [0, 0.05) is 24.2 Å². The minimum atomic E-state index is -3.97. The van der Waals surface area contributed by atoms with Crippen LogP contribution in [0.15, 0.2) is 17.0 Å². The van der Waals surface area contributed by atoms with Crippen molar-refractivity contribution in [1.82, 2.24) is 9.62 Å². The molecular formula is C14H20F2N2O2S. The lowest BCUT2D eigenvalue weighted by Gasteiger charge is -2.30. The van der Waals surface area contributed by atoms with Crippen molar-refractivity contribution in [2.45, 2.75) is 43.7 Å². The Balaban J connectivity index is 2.53. The Morgan fingerprint density at radius 1 is 1.33 bits per heavy atom. The summed E-state index contributed by atoms with van der Waals surface area (Å²) in [6.07, 6.45) is 1.46. The van der Waals surface area contributed by atoms with Crippen LogP contribution in [0.2, 0.25) is 0 Å². The average molecular weight is 318 g/mol. The number of benzene rings is 1. The molecule has 0 spiro atoms. The van der Waals surface area contributed by atoms with E-state index in [2.05, 4.69) is 5.32 Å². The number of nitrogens with one attached hydrogen (secondary N) is 1. The number of halogens is 2. The molecule has 0 amide bonds. The van der Waals surface area contributed by atoms with E-state index in [-0.39, 0.29) is 12.1 Å². The van der Waals surface area contributed by atoms with Crippen LogP contribution in [-0.2, 0) is 16.6 Å². The third kappa shape index (κ3) is 2.82. The second-order valence-corrected chi connectivity index (χ2v) is 7.69. The maximum atomic E-state index is 14.4. The van der Waals surface area contributed by atoms with E-state index < -0.39 is 32.1 Å². The topological polar surface area (TPSA) is 49.4 Å². The first kappa shape index (κ1) is 16.3. The zero-order chi connectivity index (χ0) is 15.8. The molecule has 21 heavy (non-hydrogen) atoms. The van der Waals surface area contributed by atoms with Crippen molar-refractivity contribution in [1.29, 1.82) is 0 Å². The van der Waals surface area contributed by atoms with Gasteiger partial charge in [-0.05, 0) is 45.9 Å². The van der Waals surface area contributed by atoms with Crippen molar-refractivity contribution in [3.63, 3.8) is 0 Å². The van der Waals surface area contributed by atoms with Gasteiger partial charge in [0.15, 0.2) is 5.82 Å². The third-order valence-corrected chi connectivity index (χ3v) is 6.03. The van der Waals surface area contributed by atoms with E-state index in [0.29, 0.717) is 6.54 Å². The number of rotatable bonds is 4. The Morgan fingerprint density at radius 3 is 2.52 bits per heavy atom. The largest absolute Gasteiger partial charge is 0.315 e. The summed E-state index contributed by atoms with van der Waals surface area (Å²) in [7, 11) is -2.43. The highest BCUT2D eigenvalue weighted by Crippen LogP contribution is 2.35. The van der Waals surface area contributed by atoms with Crippen LogP contribution in [-0.4, -0.2) is 31.9 Å². The molecule has 0 bridgehead atoms. The molecule has 1 saturated heterocycles. The maximum absolute atomic E-state index is 14.4. The molecule has 0 radical (unpaired) electrons. The first-order chi connectivity index (χ1) is 9.71. The second-order valence-electron chi connectivity index (χ2n) is 5.86. The quantitative estimate of drug-likeness (QED) is 0.926. The van der Waals surface area contributed by atoms with Crippen molar-refractivity contribution in [2.24, 2.45) is 0 Å². The van der Waals surface area contributed by atoms with Crippen LogP contribution in [0.1, 0.15) is 32.3 Å². The summed E-state index contributed by atoms with van der Waals surface area (Å²) in [5.41, 5.74) is -0.807. The smallest absolute Gasteiger partial charge is 0.246 e. The molecule has 0 unspecified atom stereocenters. The summed E-state index contributed by atoms with van der Waals surface area (Å²) >= 11 is 0. The Kier molecular flexibility index (Phi) is 4.37. The summed E-state index contributed by atoms with van der Waals surface area (Å²) in [6, 6.07) is 2.01. The molecule has 7 heteroatoms. The lowest BCUT2D eigenvalue weighted by atomic mass is 10.0. The van der Waals surface area contributed by atoms with Gasteiger partial charge < -0.3 is 5.32 Å². The predicted molar refractivity (Wildman–Crippen MR) is 76.3 cm³/mol. The monoisotopic (exact) mass is 318 g/mol. The Bertz CT molecular complexity index is 645. The van der Waals surface area contributed by atoms with E-state index in [1.807, 2.05) is 13.8 Å². The van der Waals surface area contributed by atoms with Gasteiger partial charge in [-0.1, -0.05) is 0 Å². The Morgan fingerprint density at radius 2 is 2.00 bits per heavy atom. The minimum Gasteiger partial charge on any atom is -0.315 e. The van der Waals surface area contributed by atoms with E-state index in [4.69, 9.17) is 0 Å². The van der Waals surface area contributed by atoms with Gasteiger partial charge in [-0.25, -0.2) is 17.2 Å². The summed E-state index contributed by atoms with van der Waals surface area (Å²) in [4.78, 5) is -0.455. The fourth-order valence-electron chi connectivity index (χ4n) is 2.76. The van der Waals surface area contributed by atoms with Gasteiger partial charge in [0.2, 0.25) is 10.0 Å². The van der Waals surface area contributed by atoms with Crippen molar-refractivity contribution in [3.05, 3.63) is 29.3 Å². The molecule has 1 aliphatic heterocycles. The number of hydrogen-bond donors (Lipinski definition) is 1. The molecular weight excluding hydrogens is 298 g/mol. The van der Waals surface area contributed by atoms with Crippen molar-refractivity contribution >= 4 is 10.0 Å². The van der Waals surface area contributed by atoms with Gasteiger partial charge >= 0.3 is 0 Å². The van der Waals surface area contributed by atoms with Gasteiger partial charge in [0.25, 0.3) is 0 Å². The summed E-state index contributed by atoms with van der Waals surface area (Å²) < 4.78 is 54.8. The van der Waals surface area contributed by atoms with Crippen LogP contribution >= 0.6 is 0 Å². The number of sulfonamides is 1. The van der Waals surface area contributed by atoms with Crippen molar-refractivity contribution in [2.75, 3.05) is 13.6 Å². The van der Waals surface area contributed by atoms with Gasteiger partial charge in [-0.15, -0.1) is 0 Å². The Hall–Kier alpha value is -1.05. The normalized spacial score (nSPS) is 19.1. The van der Waals surface area contributed by atoms with Crippen LogP contribution in [0.3, 0.4) is 0 Å². The lowest BCUT2D eigenvalue weighted by Crippen LogP contribution is -2.42. The zero-order valence-corrected chi connectivity index (χ0v) is 13.2. The van der Waals surface area contributed by atoms with E-state index in [1.54, 1.807) is 7.05 Å². The molecule has 1 aromatic carbocycles. The second kappa shape index (κ2) is 5.62. The number of nitrogens with zero attached hydrogens (tertiary/aromatic N) is 1. The summed E-state index contributed by atoms with van der Waals surface area (Å²) in [5, 5.41) is 2.64. The standard InChI is InChI=1S/C14H20F2N2O2S/c1-14(2)7-4-8-18(14)21(19,20)12-6-5-11(15)10(9-17-3)13(12)16/h5-6,17H,4,7-9H2,1-3H3. The predicted octanol–water partition coefficient (Wildman–Crippen LogP) is 2.25. The van der Waals surface area contributed by atoms with Crippen molar-refractivity contribution in [3.8, 4) is 0 Å². The van der Waals surface area contributed by atoms with Crippen LogP contribution in [0.5, 0.6) is 0 Å². The average Bonchev–Trinajstić information content (AvgIpc) is 2.74. The highest BCUT2D eigenvalue weighted by atomic mass is 32.2. The Labute approximate surface area is 124 Å². The van der Waals surface area contributed by atoms with Crippen LogP contribution < -0.4 is 5.32 Å². The SMILES string of the molecule is CNCc1c(F)ccc(S(=O)(=O)N2CCCC2(C)C)c1F.